The lowest BCUT2D eigenvalue weighted by Crippen LogP contribution is -2.46. The van der Waals surface area contributed by atoms with Gasteiger partial charge in [-0.2, -0.15) is 0 Å². The zero-order valence-corrected chi connectivity index (χ0v) is 11.2. The van der Waals surface area contributed by atoms with E-state index in [0.29, 0.717) is 19.4 Å². The Hall–Kier alpha value is -2.11. The summed E-state index contributed by atoms with van der Waals surface area (Å²) in [5.74, 6) is -1.01. The van der Waals surface area contributed by atoms with Crippen molar-refractivity contribution < 1.29 is 14.7 Å². The summed E-state index contributed by atoms with van der Waals surface area (Å²) in [6, 6.07) is 2.39. The molecule has 0 aliphatic heterocycles. The van der Waals surface area contributed by atoms with Crippen LogP contribution in [0.25, 0.3) is 0 Å². The molecule has 19 heavy (non-hydrogen) atoms. The summed E-state index contributed by atoms with van der Waals surface area (Å²) in [6.07, 6.45) is 4.42. The molecule has 0 aliphatic carbocycles. The minimum Gasteiger partial charge on any atom is -0.480 e. The van der Waals surface area contributed by atoms with Crippen LogP contribution in [-0.2, 0) is 11.3 Å². The fraction of sp³-hybridized carbons (Fsp3) is 0.462. The van der Waals surface area contributed by atoms with E-state index in [1.807, 2.05) is 19.1 Å². The van der Waals surface area contributed by atoms with Crippen LogP contribution in [0.5, 0.6) is 0 Å². The third-order valence-electron chi connectivity index (χ3n) is 2.69. The first kappa shape index (κ1) is 14.9. The van der Waals surface area contributed by atoms with Gasteiger partial charge in [0.1, 0.15) is 6.04 Å². The van der Waals surface area contributed by atoms with Crippen LogP contribution in [0.2, 0.25) is 0 Å². The molecule has 1 atom stereocenters. The molecule has 6 heteroatoms. The molecule has 1 aromatic rings. The van der Waals surface area contributed by atoms with Gasteiger partial charge in [0, 0.05) is 26.0 Å². The van der Waals surface area contributed by atoms with Crippen molar-refractivity contribution in [3.63, 3.8) is 0 Å². The van der Waals surface area contributed by atoms with E-state index in [1.54, 1.807) is 19.4 Å². The first-order valence-corrected chi connectivity index (χ1v) is 6.18. The molecule has 0 radical (unpaired) electrons. The van der Waals surface area contributed by atoms with Gasteiger partial charge in [-0.15, -0.1) is 0 Å². The Kier molecular flexibility index (Phi) is 5.78. The van der Waals surface area contributed by atoms with Crippen molar-refractivity contribution >= 4 is 12.0 Å². The summed E-state index contributed by atoms with van der Waals surface area (Å²) in [5, 5.41) is 11.5. The van der Waals surface area contributed by atoms with Crippen LogP contribution >= 0.6 is 0 Å². The number of urea groups is 1. The molecule has 6 nitrogen and oxygen atoms in total. The van der Waals surface area contributed by atoms with Gasteiger partial charge in [0.05, 0.1) is 0 Å². The van der Waals surface area contributed by atoms with Gasteiger partial charge in [0.2, 0.25) is 0 Å². The Morgan fingerprint density at radius 1 is 1.42 bits per heavy atom. The quantitative estimate of drug-likeness (QED) is 0.816. The van der Waals surface area contributed by atoms with Crippen molar-refractivity contribution in [1.82, 2.24) is 15.2 Å². The third kappa shape index (κ3) is 4.95. The topological polar surface area (TPSA) is 82.5 Å². The largest absolute Gasteiger partial charge is 0.480 e. The number of carboxylic acids is 1. The van der Waals surface area contributed by atoms with Crippen LogP contribution in [0.4, 0.5) is 4.79 Å². The van der Waals surface area contributed by atoms with E-state index in [2.05, 4.69) is 10.3 Å². The highest BCUT2D eigenvalue weighted by atomic mass is 16.4. The Morgan fingerprint density at radius 2 is 2.05 bits per heavy atom. The summed E-state index contributed by atoms with van der Waals surface area (Å²) >= 11 is 0. The minimum absolute atomic E-state index is 0.391. The molecule has 0 fully saturated rings. The first-order valence-electron chi connectivity index (χ1n) is 6.18. The van der Waals surface area contributed by atoms with Gasteiger partial charge in [-0.3, -0.25) is 4.98 Å². The number of rotatable bonds is 6. The monoisotopic (exact) mass is 265 g/mol. The smallest absolute Gasteiger partial charge is 0.326 e. The van der Waals surface area contributed by atoms with E-state index < -0.39 is 18.0 Å². The van der Waals surface area contributed by atoms with Crippen LogP contribution < -0.4 is 5.32 Å². The lowest BCUT2D eigenvalue weighted by atomic mass is 10.2. The van der Waals surface area contributed by atoms with Gasteiger partial charge >= 0.3 is 12.0 Å². The van der Waals surface area contributed by atoms with Gasteiger partial charge in [0.25, 0.3) is 0 Å². The zero-order valence-electron chi connectivity index (χ0n) is 11.2. The molecule has 1 heterocycles. The number of carboxylic acid groups (broad SMARTS) is 1. The average Bonchev–Trinajstić information content (AvgIpc) is 2.39. The van der Waals surface area contributed by atoms with Crippen LogP contribution in [0.1, 0.15) is 25.3 Å². The van der Waals surface area contributed by atoms with Gasteiger partial charge in [0.15, 0.2) is 0 Å². The van der Waals surface area contributed by atoms with E-state index in [0.717, 1.165) is 5.56 Å². The number of carbonyl (C=O) groups is 2. The molecule has 0 spiro atoms. The number of nitrogens with zero attached hydrogens (tertiary/aromatic N) is 2. The molecule has 0 saturated carbocycles. The van der Waals surface area contributed by atoms with Gasteiger partial charge in [-0.05, 0) is 24.1 Å². The maximum atomic E-state index is 11.9. The van der Waals surface area contributed by atoms with Crippen molar-refractivity contribution in [2.24, 2.45) is 0 Å². The fourth-order valence-corrected chi connectivity index (χ4v) is 1.64. The molecule has 0 saturated heterocycles. The van der Waals surface area contributed by atoms with Gasteiger partial charge in [-0.25, -0.2) is 9.59 Å². The van der Waals surface area contributed by atoms with Crippen LogP contribution in [0, 0.1) is 0 Å². The number of hydrogen-bond acceptors (Lipinski definition) is 3. The molecule has 104 valence electrons. The Morgan fingerprint density at radius 3 is 2.58 bits per heavy atom. The summed E-state index contributed by atoms with van der Waals surface area (Å²) < 4.78 is 0. The highest BCUT2D eigenvalue weighted by Crippen LogP contribution is 2.03. The maximum absolute atomic E-state index is 11.9. The van der Waals surface area contributed by atoms with Crippen molar-refractivity contribution in [3.05, 3.63) is 30.1 Å². The van der Waals surface area contributed by atoms with Gasteiger partial charge < -0.3 is 15.3 Å². The molecular formula is C13H19N3O3. The second-order valence-corrected chi connectivity index (χ2v) is 4.34. The zero-order chi connectivity index (χ0) is 14.3. The first-order chi connectivity index (χ1) is 9.04. The normalized spacial score (nSPS) is 11.7. The molecule has 2 amide bonds. The Balaban J connectivity index is 2.54. The number of nitrogens with one attached hydrogen (secondary N) is 1. The predicted octanol–water partition coefficient (Wildman–Crippen LogP) is 1.48. The number of hydrogen-bond donors (Lipinski definition) is 2. The Labute approximate surface area is 112 Å². The standard InChI is InChI=1S/C13H19N3O3/c1-3-4-11(12(17)18)15-13(19)16(2)9-10-5-7-14-8-6-10/h5-8,11H,3-4,9H2,1-2H3,(H,15,19)(H,17,18). The molecule has 1 aromatic heterocycles. The molecule has 2 N–H and O–H groups in total. The minimum atomic E-state index is -1.01. The third-order valence-corrected chi connectivity index (χ3v) is 2.69. The van der Waals surface area contributed by atoms with Crippen molar-refractivity contribution in [3.8, 4) is 0 Å². The fourth-order valence-electron chi connectivity index (χ4n) is 1.64. The molecule has 0 aromatic carbocycles. The van der Waals surface area contributed by atoms with Crippen molar-refractivity contribution in [2.75, 3.05) is 7.05 Å². The summed E-state index contributed by atoms with van der Waals surface area (Å²) in [7, 11) is 1.63. The van der Waals surface area contributed by atoms with Gasteiger partial charge in [-0.1, -0.05) is 13.3 Å². The molecule has 0 bridgehead atoms. The van der Waals surface area contributed by atoms with E-state index >= 15 is 0 Å². The van der Waals surface area contributed by atoms with Crippen LogP contribution in [0.15, 0.2) is 24.5 Å². The highest BCUT2D eigenvalue weighted by Gasteiger charge is 2.20. The van der Waals surface area contributed by atoms with Crippen molar-refractivity contribution in [2.45, 2.75) is 32.4 Å². The number of pyridine rings is 1. The second kappa shape index (κ2) is 7.35. The average molecular weight is 265 g/mol. The maximum Gasteiger partial charge on any atom is 0.326 e. The van der Waals surface area contributed by atoms with Crippen LogP contribution in [0.3, 0.4) is 0 Å². The number of aliphatic carboxylic acids is 1. The lowest BCUT2D eigenvalue weighted by molar-refractivity contribution is -0.139. The Bertz CT molecular complexity index is 422. The van der Waals surface area contributed by atoms with Crippen LogP contribution in [-0.4, -0.2) is 40.1 Å². The highest BCUT2D eigenvalue weighted by molar-refractivity contribution is 5.82. The summed E-state index contributed by atoms with van der Waals surface area (Å²) in [6.45, 7) is 2.29. The molecule has 1 unspecified atom stereocenters. The molecule has 1 rings (SSSR count). The predicted molar refractivity (Wildman–Crippen MR) is 70.6 cm³/mol. The van der Waals surface area contributed by atoms with Crippen molar-refractivity contribution in [1.29, 1.82) is 0 Å². The second-order valence-electron chi connectivity index (χ2n) is 4.34. The number of carbonyl (C=O) groups excluding carboxylic acids is 1. The number of amides is 2. The lowest BCUT2D eigenvalue weighted by Gasteiger charge is -2.21. The SMILES string of the molecule is CCCC(NC(=O)N(C)Cc1ccncc1)C(=O)O. The van der Waals surface area contributed by atoms with E-state index in [-0.39, 0.29) is 0 Å². The molecule has 0 aliphatic rings. The molecular weight excluding hydrogens is 246 g/mol. The van der Waals surface area contributed by atoms with E-state index in [9.17, 15) is 9.59 Å². The van der Waals surface area contributed by atoms with E-state index in [4.69, 9.17) is 5.11 Å². The summed E-state index contributed by atoms with van der Waals surface area (Å²) in [5.41, 5.74) is 0.940. The van der Waals surface area contributed by atoms with E-state index in [1.165, 1.54) is 4.90 Å². The number of aromatic nitrogens is 1. The summed E-state index contributed by atoms with van der Waals surface area (Å²) in [4.78, 5) is 28.2.